The summed E-state index contributed by atoms with van der Waals surface area (Å²) in [5, 5.41) is 13.8. The van der Waals surface area contributed by atoms with Gasteiger partial charge in [0.25, 0.3) is 0 Å². The van der Waals surface area contributed by atoms with Gasteiger partial charge in [-0.2, -0.15) is 18.4 Å². The van der Waals surface area contributed by atoms with Crippen molar-refractivity contribution >= 4 is 17.0 Å². The van der Waals surface area contributed by atoms with Crippen molar-refractivity contribution in [2.45, 2.75) is 12.7 Å². The lowest BCUT2D eigenvalue weighted by atomic mass is 10.1. The predicted molar refractivity (Wildman–Crippen MR) is 65.6 cm³/mol. The highest BCUT2D eigenvalue weighted by atomic mass is 32.1. The molecule has 98 valence electrons. The number of nitriles is 1. The van der Waals surface area contributed by atoms with Gasteiger partial charge < -0.3 is 5.32 Å². The average molecular weight is 283 g/mol. The maximum absolute atomic E-state index is 12.9. The Balaban J connectivity index is 2.27. The quantitative estimate of drug-likeness (QED) is 0.935. The largest absolute Gasteiger partial charge is 0.418 e. The SMILES string of the molecule is N#Cc1ccc(NCc2nccs2)c(C(F)(F)F)c1. The van der Waals surface area contributed by atoms with Crippen LogP contribution < -0.4 is 5.32 Å². The zero-order valence-corrected chi connectivity index (χ0v) is 10.3. The van der Waals surface area contributed by atoms with E-state index in [0.717, 1.165) is 6.07 Å². The smallest absolute Gasteiger partial charge is 0.378 e. The van der Waals surface area contributed by atoms with Gasteiger partial charge in [-0.25, -0.2) is 4.98 Å². The fourth-order valence-electron chi connectivity index (χ4n) is 1.51. The Kier molecular flexibility index (Phi) is 3.71. The molecule has 2 aromatic rings. The second-order valence-electron chi connectivity index (χ2n) is 3.65. The van der Waals surface area contributed by atoms with Crippen LogP contribution in [0, 0.1) is 11.3 Å². The molecular formula is C12H8F3N3S. The number of nitrogens with zero attached hydrogens (tertiary/aromatic N) is 2. The predicted octanol–water partition coefficient (Wildman–Crippen LogP) is 3.65. The van der Waals surface area contributed by atoms with E-state index in [4.69, 9.17) is 5.26 Å². The fourth-order valence-corrected chi connectivity index (χ4v) is 2.07. The first-order chi connectivity index (χ1) is 9.00. The molecule has 1 aromatic carbocycles. The first kappa shape index (κ1) is 13.4. The van der Waals surface area contributed by atoms with Gasteiger partial charge in [0.05, 0.1) is 23.7 Å². The fraction of sp³-hybridized carbons (Fsp3) is 0.167. The molecule has 2 rings (SSSR count). The van der Waals surface area contributed by atoms with E-state index in [1.807, 2.05) is 0 Å². The summed E-state index contributed by atoms with van der Waals surface area (Å²) in [5.74, 6) is 0. The third kappa shape index (κ3) is 3.23. The summed E-state index contributed by atoms with van der Waals surface area (Å²) >= 11 is 1.36. The lowest BCUT2D eigenvalue weighted by molar-refractivity contribution is -0.137. The minimum absolute atomic E-state index is 0.0212. The number of aromatic nitrogens is 1. The maximum atomic E-state index is 12.9. The number of thiazole rings is 1. The molecular weight excluding hydrogens is 275 g/mol. The molecule has 0 saturated heterocycles. The standard InChI is InChI=1S/C12H8F3N3S/c13-12(14,15)9-5-8(6-16)1-2-10(9)18-7-11-17-3-4-19-11/h1-5,18H,7H2. The van der Waals surface area contributed by atoms with Gasteiger partial charge in [-0.1, -0.05) is 0 Å². The molecule has 19 heavy (non-hydrogen) atoms. The summed E-state index contributed by atoms with van der Waals surface area (Å²) in [6, 6.07) is 5.14. The van der Waals surface area contributed by atoms with Gasteiger partial charge in [0.15, 0.2) is 0 Å². The van der Waals surface area contributed by atoms with Gasteiger partial charge in [-0.15, -0.1) is 11.3 Å². The van der Waals surface area contributed by atoms with Gasteiger partial charge >= 0.3 is 6.18 Å². The van der Waals surface area contributed by atoms with Crippen molar-refractivity contribution in [2.24, 2.45) is 0 Å². The Morgan fingerprint density at radius 3 is 2.74 bits per heavy atom. The maximum Gasteiger partial charge on any atom is 0.418 e. The van der Waals surface area contributed by atoms with Crippen LogP contribution in [-0.4, -0.2) is 4.98 Å². The summed E-state index contributed by atoms with van der Waals surface area (Å²) in [4.78, 5) is 3.98. The van der Waals surface area contributed by atoms with Gasteiger partial charge in [-0.05, 0) is 18.2 Å². The van der Waals surface area contributed by atoms with E-state index in [1.165, 1.54) is 23.5 Å². The lowest BCUT2D eigenvalue weighted by Crippen LogP contribution is -2.11. The molecule has 0 atom stereocenters. The second kappa shape index (κ2) is 5.28. The number of rotatable bonds is 3. The molecule has 0 unspecified atom stereocenters. The molecule has 0 saturated carbocycles. The molecule has 0 spiro atoms. The van der Waals surface area contributed by atoms with Gasteiger partial charge in [-0.3, -0.25) is 0 Å². The van der Waals surface area contributed by atoms with E-state index in [0.29, 0.717) is 5.01 Å². The Labute approximate surface area is 111 Å². The van der Waals surface area contributed by atoms with E-state index in [1.54, 1.807) is 17.6 Å². The van der Waals surface area contributed by atoms with E-state index < -0.39 is 11.7 Å². The van der Waals surface area contributed by atoms with Crippen molar-refractivity contribution < 1.29 is 13.2 Å². The number of alkyl halides is 3. The number of anilines is 1. The van der Waals surface area contributed by atoms with Crippen molar-refractivity contribution in [1.29, 1.82) is 5.26 Å². The molecule has 0 aliphatic carbocycles. The van der Waals surface area contributed by atoms with E-state index in [9.17, 15) is 13.2 Å². The summed E-state index contributed by atoms with van der Waals surface area (Å²) in [5.41, 5.74) is -0.920. The number of halogens is 3. The highest BCUT2D eigenvalue weighted by molar-refractivity contribution is 7.09. The van der Waals surface area contributed by atoms with Gasteiger partial charge in [0.1, 0.15) is 5.01 Å². The molecule has 0 aliphatic heterocycles. The van der Waals surface area contributed by atoms with E-state index >= 15 is 0 Å². The molecule has 0 fully saturated rings. The average Bonchev–Trinajstić information content (AvgIpc) is 2.88. The molecule has 1 heterocycles. The van der Waals surface area contributed by atoms with Gasteiger partial charge in [0.2, 0.25) is 0 Å². The van der Waals surface area contributed by atoms with Crippen molar-refractivity contribution in [1.82, 2.24) is 4.98 Å². The van der Waals surface area contributed by atoms with E-state index in [-0.39, 0.29) is 17.8 Å². The molecule has 1 N–H and O–H groups in total. The first-order valence-electron chi connectivity index (χ1n) is 5.24. The van der Waals surface area contributed by atoms with Crippen molar-refractivity contribution in [2.75, 3.05) is 5.32 Å². The summed E-state index contributed by atoms with van der Waals surface area (Å²) in [6.45, 7) is 0.215. The third-order valence-corrected chi connectivity index (χ3v) is 3.15. The molecule has 3 nitrogen and oxygen atoms in total. The minimum atomic E-state index is -4.50. The topological polar surface area (TPSA) is 48.7 Å². The van der Waals surface area contributed by atoms with Crippen LogP contribution in [0.15, 0.2) is 29.8 Å². The number of hydrogen-bond acceptors (Lipinski definition) is 4. The number of benzene rings is 1. The van der Waals surface area contributed by atoms with Gasteiger partial charge in [0, 0.05) is 17.3 Å². The van der Waals surface area contributed by atoms with Crippen LogP contribution in [0.2, 0.25) is 0 Å². The van der Waals surface area contributed by atoms with Crippen LogP contribution in [0.4, 0.5) is 18.9 Å². The molecule has 0 amide bonds. The molecule has 0 bridgehead atoms. The van der Waals surface area contributed by atoms with E-state index in [2.05, 4.69) is 10.3 Å². The van der Waals surface area contributed by atoms with Crippen LogP contribution in [0.3, 0.4) is 0 Å². The highest BCUT2D eigenvalue weighted by Crippen LogP contribution is 2.35. The Hall–Kier alpha value is -2.07. The zero-order valence-electron chi connectivity index (χ0n) is 9.53. The number of nitrogens with one attached hydrogen (secondary N) is 1. The lowest BCUT2D eigenvalue weighted by Gasteiger charge is -2.14. The zero-order chi connectivity index (χ0) is 13.9. The van der Waals surface area contributed by atoms with Crippen molar-refractivity contribution in [3.05, 3.63) is 45.9 Å². The van der Waals surface area contributed by atoms with Crippen LogP contribution in [0.25, 0.3) is 0 Å². The van der Waals surface area contributed by atoms with Crippen molar-refractivity contribution in [3.8, 4) is 6.07 Å². The van der Waals surface area contributed by atoms with Crippen LogP contribution >= 0.6 is 11.3 Å². The normalized spacial score (nSPS) is 11.1. The minimum Gasteiger partial charge on any atom is -0.378 e. The summed E-state index contributed by atoms with van der Waals surface area (Å²) < 4.78 is 38.6. The molecule has 1 aromatic heterocycles. The third-order valence-electron chi connectivity index (χ3n) is 2.37. The van der Waals surface area contributed by atoms with Crippen LogP contribution in [0.1, 0.15) is 16.1 Å². The Morgan fingerprint density at radius 1 is 1.37 bits per heavy atom. The van der Waals surface area contributed by atoms with Crippen LogP contribution in [0.5, 0.6) is 0 Å². The molecule has 7 heteroatoms. The summed E-state index contributed by atoms with van der Waals surface area (Å²) in [7, 11) is 0. The molecule has 0 aliphatic rings. The molecule has 0 radical (unpaired) electrons. The number of hydrogen-bond donors (Lipinski definition) is 1. The van der Waals surface area contributed by atoms with Crippen molar-refractivity contribution in [3.63, 3.8) is 0 Å². The monoisotopic (exact) mass is 283 g/mol. The summed E-state index contributed by atoms with van der Waals surface area (Å²) in [6.07, 6.45) is -2.91. The Morgan fingerprint density at radius 2 is 2.16 bits per heavy atom. The Bertz CT molecular complexity index is 600. The first-order valence-corrected chi connectivity index (χ1v) is 6.12. The second-order valence-corrected chi connectivity index (χ2v) is 4.63. The van der Waals surface area contributed by atoms with Crippen LogP contribution in [-0.2, 0) is 12.7 Å². The highest BCUT2D eigenvalue weighted by Gasteiger charge is 2.33.